The Kier molecular flexibility index (Phi) is 3.47. The minimum atomic E-state index is -1.32. The fourth-order valence-corrected chi connectivity index (χ4v) is 5.48. The highest BCUT2D eigenvalue weighted by molar-refractivity contribution is 8.03. The summed E-state index contributed by atoms with van der Waals surface area (Å²) in [7, 11) is 0. The molecule has 0 unspecified atom stereocenters. The molecule has 1 N–H and O–H groups in total. The lowest BCUT2D eigenvalue weighted by Crippen LogP contribution is -2.64. The van der Waals surface area contributed by atoms with Crippen molar-refractivity contribution in [3.05, 3.63) is 23.3 Å². The Morgan fingerprint density at radius 3 is 2.96 bits per heavy atom. The second-order valence-corrected chi connectivity index (χ2v) is 7.96. The lowest BCUT2D eigenvalue weighted by molar-refractivity contribution is -0.758. The van der Waals surface area contributed by atoms with Crippen LogP contribution in [0.3, 0.4) is 0 Å². The number of nitrogens with zero attached hydrogens (tertiary/aromatic N) is 4. The van der Waals surface area contributed by atoms with Crippen molar-refractivity contribution < 1.29 is 24.5 Å². The van der Waals surface area contributed by atoms with E-state index in [2.05, 4.69) is 4.98 Å². The van der Waals surface area contributed by atoms with E-state index in [9.17, 15) is 19.8 Å². The molecular weight excluding hydrogens is 332 g/mol. The van der Waals surface area contributed by atoms with Gasteiger partial charge in [-0.1, -0.05) is 6.92 Å². The third-order valence-corrected chi connectivity index (χ3v) is 6.56. The van der Waals surface area contributed by atoms with Crippen molar-refractivity contribution >= 4 is 23.6 Å². The minimum Gasteiger partial charge on any atom is -0.543 e. The molecule has 0 aromatic carbocycles. The average Bonchev–Trinajstić information content (AvgIpc) is 3.12. The number of fused-ring (bicyclic) bond motifs is 2. The lowest BCUT2D eigenvalue weighted by Gasteiger charge is -2.47. The summed E-state index contributed by atoms with van der Waals surface area (Å²) in [4.78, 5) is 30.0. The molecule has 0 spiro atoms. The number of aliphatic carboxylic acids is 1. The van der Waals surface area contributed by atoms with Gasteiger partial charge in [-0.15, -0.1) is 11.8 Å². The molecule has 128 valence electrons. The molecule has 24 heavy (non-hydrogen) atoms. The van der Waals surface area contributed by atoms with Crippen molar-refractivity contribution in [2.24, 2.45) is 11.8 Å². The van der Waals surface area contributed by atoms with E-state index >= 15 is 0 Å². The number of aromatic nitrogens is 3. The van der Waals surface area contributed by atoms with Gasteiger partial charge in [-0.2, -0.15) is 9.36 Å². The normalized spacial score (nSPS) is 32.6. The number of carbonyl (C=O) groups excluding carboxylic acids is 2. The zero-order chi connectivity index (χ0) is 17.2. The summed E-state index contributed by atoms with van der Waals surface area (Å²) in [5, 5.41) is 21.7. The maximum atomic E-state index is 12.3. The van der Waals surface area contributed by atoms with Crippen LogP contribution in [-0.2, 0) is 22.7 Å². The summed E-state index contributed by atoms with van der Waals surface area (Å²) in [5.74, 6) is -2.31. The van der Waals surface area contributed by atoms with Gasteiger partial charge in [0.05, 0.1) is 41.5 Å². The first kappa shape index (κ1) is 15.6. The van der Waals surface area contributed by atoms with Crippen molar-refractivity contribution in [2.75, 3.05) is 0 Å². The highest BCUT2D eigenvalue weighted by atomic mass is 32.2. The number of amides is 1. The fourth-order valence-electron chi connectivity index (χ4n) is 4.02. The van der Waals surface area contributed by atoms with Crippen LogP contribution in [0.1, 0.15) is 13.8 Å². The SMILES string of the molecule is C[C@@H](O)[C@H]1C(=O)N2C(C(=O)[O-])=C(SC3Cn4cnc[n+]4C3)[C@H](C)[C@@H]12. The Hall–Kier alpha value is -1.87. The smallest absolute Gasteiger partial charge is 0.306 e. The molecule has 0 aliphatic carbocycles. The molecule has 4 rings (SSSR count). The molecule has 3 aliphatic rings. The van der Waals surface area contributed by atoms with Gasteiger partial charge in [0.15, 0.2) is 0 Å². The molecule has 0 bridgehead atoms. The third kappa shape index (κ3) is 2.04. The summed E-state index contributed by atoms with van der Waals surface area (Å²) in [5.41, 5.74) is -0.0147. The number of thioether (sulfide) groups is 1. The monoisotopic (exact) mass is 350 g/mol. The highest BCUT2D eigenvalue weighted by Gasteiger charge is 2.59. The minimum absolute atomic E-state index is 0.0147. The molecule has 9 heteroatoms. The first-order chi connectivity index (χ1) is 11.4. The Balaban J connectivity index is 1.61. The van der Waals surface area contributed by atoms with Gasteiger partial charge >= 0.3 is 6.33 Å². The van der Waals surface area contributed by atoms with Gasteiger partial charge in [0.25, 0.3) is 0 Å². The third-order valence-electron chi connectivity index (χ3n) is 5.11. The fraction of sp³-hybridized carbons (Fsp3) is 0.600. The van der Waals surface area contributed by atoms with Crippen molar-refractivity contribution in [2.45, 2.75) is 44.3 Å². The summed E-state index contributed by atoms with van der Waals surface area (Å²) in [6.07, 6.45) is 2.70. The number of hydrogen-bond donors (Lipinski definition) is 1. The van der Waals surface area contributed by atoms with Gasteiger partial charge in [-0.25, -0.2) is 0 Å². The maximum Gasteiger partial charge on any atom is 0.306 e. The van der Waals surface area contributed by atoms with E-state index in [1.54, 1.807) is 19.6 Å². The molecule has 1 saturated heterocycles. The van der Waals surface area contributed by atoms with E-state index in [0.29, 0.717) is 4.91 Å². The number of hydrogen-bond acceptors (Lipinski definition) is 6. The number of carboxylic acids is 1. The van der Waals surface area contributed by atoms with E-state index in [-0.39, 0.29) is 28.8 Å². The largest absolute Gasteiger partial charge is 0.543 e. The zero-order valence-corrected chi connectivity index (χ0v) is 14.1. The van der Waals surface area contributed by atoms with Crippen LogP contribution < -0.4 is 9.79 Å². The number of β-lactam (4-membered cyclic amide) rings is 1. The Morgan fingerprint density at radius 2 is 2.33 bits per heavy atom. The van der Waals surface area contributed by atoms with E-state index in [4.69, 9.17) is 0 Å². The molecule has 1 fully saturated rings. The topological polar surface area (TPSA) is 102 Å². The number of carboxylic acid groups (broad SMARTS) is 1. The predicted molar refractivity (Wildman–Crippen MR) is 80.8 cm³/mol. The number of aliphatic hydroxyl groups is 1. The van der Waals surface area contributed by atoms with E-state index < -0.39 is 18.0 Å². The van der Waals surface area contributed by atoms with Crippen LogP contribution in [0.15, 0.2) is 23.3 Å². The molecule has 0 saturated carbocycles. The van der Waals surface area contributed by atoms with Crippen LogP contribution in [0, 0.1) is 11.8 Å². The first-order valence-electron chi connectivity index (χ1n) is 7.93. The van der Waals surface area contributed by atoms with Gasteiger partial charge in [0.2, 0.25) is 12.2 Å². The van der Waals surface area contributed by atoms with Crippen molar-refractivity contribution in [1.82, 2.24) is 14.6 Å². The summed E-state index contributed by atoms with van der Waals surface area (Å²) < 4.78 is 3.96. The first-order valence-corrected chi connectivity index (χ1v) is 8.81. The van der Waals surface area contributed by atoms with Crippen LogP contribution in [-0.4, -0.2) is 48.9 Å². The second-order valence-electron chi connectivity index (χ2n) is 6.62. The second kappa shape index (κ2) is 5.32. The van der Waals surface area contributed by atoms with Crippen LogP contribution in [0.4, 0.5) is 0 Å². The van der Waals surface area contributed by atoms with Crippen LogP contribution in [0.25, 0.3) is 0 Å². The standard InChI is InChI=1S/C15H18N4O4S/c1-7-11-10(8(2)20)14(21)19(11)12(15(22)23)13(7)24-9-3-17-5-16-6-18(17)4-9/h5-11,20H,3-4H2,1-2H3/t7-,8-,10-,11+/m1/s1. The van der Waals surface area contributed by atoms with E-state index in [1.165, 1.54) is 16.7 Å². The van der Waals surface area contributed by atoms with E-state index in [1.807, 2.05) is 16.3 Å². The molecule has 0 radical (unpaired) electrons. The lowest BCUT2D eigenvalue weighted by atomic mass is 9.79. The quantitative estimate of drug-likeness (QED) is 0.503. The van der Waals surface area contributed by atoms with Gasteiger partial charge in [0.1, 0.15) is 6.54 Å². The summed E-state index contributed by atoms with van der Waals surface area (Å²) in [6, 6.07) is -0.289. The number of aliphatic hydroxyl groups excluding tert-OH is 1. The van der Waals surface area contributed by atoms with Gasteiger partial charge < -0.3 is 19.9 Å². The predicted octanol–water partition coefficient (Wildman–Crippen LogP) is -1.89. The number of rotatable bonds is 4. The molecule has 3 aliphatic heterocycles. The average molecular weight is 350 g/mol. The molecule has 4 atom stereocenters. The molecule has 4 heterocycles. The Labute approximate surface area is 142 Å². The molecule has 8 nitrogen and oxygen atoms in total. The zero-order valence-electron chi connectivity index (χ0n) is 13.3. The highest BCUT2D eigenvalue weighted by Crippen LogP contribution is 2.51. The molecule has 1 amide bonds. The van der Waals surface area contributed by atoms with Crippen molar-refractivity contribution in [1.29, 1.82) is 0 Å². The van der Waals surface area contributed by atoms with Gasteiger partial charge in [-0.05, 0) is 11.9 Å². The Bertz CT molecular complexity index is 738. The van der Waals surface area contributed by atoms with Gasteiger partial charge in [-0.3, -0.25) is 4.79 Å². The molecular formula is C15H18N4O4S. The number of carbonyl (C=O) groups is 2. The van der Waals surface area contributed by atoms with Crippen LogP contribution in [0.5, 0.6) is 0 Å². The van der Waals surface area contributed by atoms with Crippen LogP contribution in [0.2, 0.25) is 0 Å². The maximum absolute atomic E-state index is 12.3. The summed E-state index contributed by atoms with van der Waals surface area (Å²) >= 11 is 1.50. The molecule has 1 aromatic heterocycles. The van der Waals surface area contributed by atoms with Crippen molar-refractivity contribution in [3.63, 3.8) is 0 Å². The van der Waals surface area contributed by atoms with Crippen molar-refractivity contribution in [3.8, 4) is 0 Å². The van der Waals surface area contributed by atoms with Crippen LogP contribution >= 0.6 is 11.8 Å². The molecule has 1 aromatic rings. The summed E-state index contributed by atoms with van der Waals surface area (Å²) in [6.45, 7) is 4.96. The Morgan fingerprint density at radius 1 is 1.58 bits per heavy atom. The van der Waals surface area contributed by atoms with Gasteiger partial charge in [0, 0.05) is 10.8 Å². The van der Waals surface area contributed by atoms with E-state index in [0.717, 1.165) is 13.1 Å².